The van der Waals surface area contributed by atoms with Crippen molar-refractivity contribution in [1.82, 2.24) is 0 Å². The van der Waals surface area contributed by atoms with Crippen LogP contribution in [0.5, 0.6) is 5.06 Å². The fourth-order valence-electron chi connectivity index (χ4n) is 0.842. The van der Waals surface area contributed by atoms with E-state index < -0.39 is 0 Å². The second-order valence-corrected chi connectivity index (χ2v) is 3.41. The van der Waals surface area contributed by atoms with Gasteiger partial charge in [0.25, 0.3) is 0 Å². The molecule has 0 bridgehead atoms. The smallest absolute Gasteiger partial charge is 0.173 e. The Bertz CT molecular complexity index is 289. The molecule has 0 aromatic carbocycles. The third-order valence-electron chi connectivity index (χ3n) is 1.48. The first-order valence-electron chi connectivity index (χ1n) is 3.54. The Morgan fingerprint density at radius 2 is 2.50 bits per heavy atom. The maximum Gasteiger partial charge on any atom is 0.173 e. The number of thiophene rings is 1. The minimum atomic E-state index is -0.177. The molecule has 3 nitrogen and oxygen atoms in total. The highest BCUT2D eigenvalue weighted by atomic mass is 32.1. The minimum Gasteiger partial charge on any atom is -0.487 e. The van der Waals surface area contributed by atoms with Crippen LogP contribution in [-0.2, 0) is 0 Å². The van der Waals surface area contributed by atoms with Gasteiger partial charge in [-0.3, -0.25) is 0 Å². The SMILES string of the molecule is COc1ccc([C@H](N)CC#N)s1. The highest BCUT2D eigenvalue weighted by Crippen LogP contribution is 2.28. The summed E-state index contributed by atoms with van der Waals surface area (Å²) in [6.45, 7) is 0. The first kappa shape index (κ1) is 9.04. The molecule has 0 amide bonds. The van der Waals surface area contributed by atoms with Crippen molar-refractivity contribution in [2.75, 3.05) is 7.11 Å². The van der Waals surface area contributed by atoms with Crippen molar-refractivity contribution in [3.8, 4) is 11.1 Å². The number of rotatable bonds is 3. The monoisotopic (exact) mass is 182 g/mol. The average molecular weight is 182 g/mol. The maximum atomic E-state index is 8.41. The van der Waals surface area contributed by atoms with Gasteiger partial charge in [0.1, 0.15) is 0 Å². The quantitative estimate of drug-likeness (QED) is 0.773. The van der Waals surface area contributed by atoms with Crippen molar-refractivity contribution in [2.45, 2.75) is 12.5 Å². The Morgan fingerprint density at radius 1 is 1.75 bits per heavy atom. The average Bonchev–Trinajstić information content (AvgIpc) is 2.52. The number of ether oxygens (including phenoxy) is 1. The Hall–Kier alpha value is -1.05. The summed E-state index contributed by atoms with van der Waals surface area (Å²) in [5.74, 6) is 0. The van der Waals surface area contributed by atoms with Gasteiger partial charge in [0.05, 0.1) is 25.6 Å². The second kappa shape index (κ2) is 4.10. The Balaban J connectivity index is 2.69. The molecule has 1 rings (SSSR count). The fourth-order valence-corrected chi connectivity index (χ4v) is 1.66. The minimum absolute atomic E-state index is 0.177. The molecular formula is C8H10N2OS. The molecule has 0 aliphatic carbocycles. The van der Waals surface area contributed by atoms with Crippen molar-refractivity contribution >= 4 is 11.3 Å². The molecule has 0 aliphatic heterocycles. The number of nitrogens with zero attached hydrogens (tertiary/aromatic N) is 1. The molecule has 2 N–H and O–H groups in total. The highest BCUT2D eigenvalue weighted by Gasteiger charge is 2.08. The van der Waals surface area contributed by atoms with Gasteiger partial charge in [-0.05, 0) is 12.1 Å². The predicted molar refractivity (Wildman–Crippen MR) is 48.0 cm³/mol. The van der Waals surface area contributed by atoms with Gasteiger partial charge in [-0.1, -0.05) is 0 Å². The van der Waals surface area contributed by atoms with Crippen LogP contribution in [0.25, 0.3) is 0 Å². The van der Waals surface area contributed by atoms with Crippen LogP contribution in [0.4, 0.5) is 0 Å². The number of hydrogen-bond donors (Lipinski definition) is 1. The molecule has 1 aromatic heterocycles. The molecule has 1 atom stereocenters. The number of nitriles is 1. The van der Waals surface area contributed by atoms with Gasteiger partial charge in [0, 0.05) is 4.88 Å². The summed E-state index contributed by atoms with van der Waals surface area (Å²) in [7, 11) is 1.62. The van der Waals surface area contributed by atoms with Crippen molar-refractivity contribution < 1.29 is 4.74 Å². The standard InChI is InChI=1S/C8H10N2OS/c1-11-8-3-2-7(12-8)6(10)4-5-9/h2-3,6H,4,10H2,1H3/t6-/m1/s1. The van der Waals surface area contributed by atoms with Crippen LogP contribution in [-0.4, -0.2) is 7.11 Å². The zero-order valence-electron chi connectivity index (χ0n) is 6.78. The van der Waals surface area contributed by atoms with Crippen LogP contribution < -0.4 is 10.5 Å². The Kier molecular flexibility index (Phi) is 3.09. The molecule has 1 aromatic rings. The molecule has 4 heteroatoms. The first-order chi connectivity index (χ1) is 5.77. The second-order valence-electron chi connectivity index (χ2n) is 2.33. The highest BCUT2D eigenvalue weighted by molar-refractivity contribution is 7.13. The molecule has 12 heavy (non-hydrogen) atoms. The lowest BCUT2D eigenvalue weighted by atomic mass is 10.2. The summed E-state index contributed by atoms with van der Waals surface area (Å²) in [4.78, 5) is 0.994. The number of methoxy groups -OCH3 is 1. The molecule has 0 fully saturated rings. The fraction of sp³-hybridized carbons (Fsp3) is 0.375. The summed E-state index contributed by atoms with van der Waals surface area (Å²) in [5, 5.41) is 9.24. The van der Waals surface area contributed by atoms with Crippen molar-refractivity contribution in [3.05, 3.63) is 17.0 Å². The molecule has 0 spiro atoms. The lowest BCUT2D eigenvalue weighted by Gasteiger charge is -2.01. The van der Waals surface area contributed by atoms with Crippen LogP contribution in [0, 0.1) is 11.3 Å². The van der Waals surface area contributed by atoms with Crippen molar-refractivity contribution in [1.29, 1.82) is 5.26 Å². The Morgan fingerprint density at radius 3 is 3.00 bits per heavy atom. The van der Waals surface area contributed by atoms with E-state index in [0.29, 0.717) is 6.42 Å². The molecule has 0 aliphatic rings. The van der Waals surface area contributed by atoms with Gasteiger partial charge in [0.2, 0.25) is 0 Å². The van der Waals surface area contributed by atoms with Crippen LogP contribution in [0.1, 0.15) is 17.3 Å². The lowest BCUT2D eigenvalue weighted by Crippen LogP contribution is -2.06. The number of hydrogen-bond acceptors (Lipinski definition) is 4. The van der Waals surface area contributed by atoms with Crippen LogP contribution in [0.3, 0.4) is 0 Å². The van der Waals surface area contributed by atoms with E-state index in [2.05, 4.69) is 0 Å². The zero-order chi connectivity index (χ0) is 8.97. The van der Waals surface area contributed by atoms with E-state index in [1.165, 1.54) is 11.3 Å². The van der Waals surface area contributed by atoms with E-state index in [1.54, 1.807) is 7.11 Å². The third kappa shape index (κ3) is 1.97. The van der Waals surface area contributed by atoms with Gasteiger partial charge in [0.15, 0.2) is 5.06 Å². The van der Waals surface area contributed by atoms with E-state index in [-0.39, 0.29) is 6.04 Å². The van der Waals surface area contributed by atoms with E-state index in [4.69, 9.17) is 15.7 Å². The largest absolute Gasteiger partial charge is 0.487 e. The number of nitrogens with two attached hydrogens (primary N) is 1. The maximum absolute atomic E-state index is 8.41. The zero-order valence-corrected chi connectivity index (χ0v) is 7.60. The summed E-state index contributed by atoms with van der Waals surface area (Å²) in [6, 6.07) is 5.61. The van der Waals surface area contributed by atoms with E-state index in [9.17, 15) is 0 Å². The summed E-state index contributed by atoms with van der Waals surface area (Å²) in [6.07, 6.45) is 0.351. The lowest BCUT2D eigenvalue weighted by molar-refractivity contribution is 0.427. The Labute approximate surface area is 75.4 Å². The van der Waals surface area contributed by atoms with Crippen LogP contribution in [0.15, 0.2) is 12.1 Å². The molecule has 0 saturated carbocycles. The molecule has 1 heterocycles. The topological polar surface area (TPSA) is 59.0 Å². The molecule has 0 saturated heterocycles. The van der Waals surface area contributed by atoms with Crippen LogP contribution in [0.2, 0.25) is 0 Å². The molecular weight excluding hydrogens is 172 g/mol. The van der Waals surface area contributed by atoms with E-state index in [1.807, 2.05) is 18.2 Å². The molecule has 0 unspecified atom stereocenters. The van der Waals surface area contributed by atoms with Crippen molar-refractivity contribution in [2.24, 2.45) is 5.73 Å². The van der Waals surface area contributed by atoms with Crippen molar-refractivity contribution in [3.63, 3.8) is 0 Å². The van der Waals surface area contributed by atoms with Gasteiger partial charge in [-0.25, -0.2) is 0 Å². The molecule has 0 radical (unpaired) electrons. The summed E-state index contributed by atoms with van der Waals surface area (Å²) >= 11 is 1.48. The van der Waals surface area contributed by atoms with Gasteiger partial charge in [-0.15, -0.1) is 11.3 Å². The summed E-state index contributed by atoms with van der Waals surface area (Å²) in [5.41, 5.74) is 5.71. The van der Waals surface area contributed by atoms with Gasteiger partial charge < -0.3 is 10.5 Å². The normalized spacial score (nSPS) is 12.1. The first-order valence-corrected chi connectivity index (χ1v) is 4.36. The van der Waals surface area contributed by atoms with E-state index >= 15 is 0 Å². The van der Waals surface area contributed by atoms with Gasteiger partial charge >= 0.3 is 0 Å². The third-order valence-corrected chi connectivity index (χ3v) is 2.66. The summed E-state index contributed by atoms with van der Waals surface area (Å²) < 4.78 is 5.00. The molecule has 64 valence electrons. The predicted octanol–water partition coefficient (Wildman–Crippen LogP) is 1.67. The van der Waals surface area contributed by atoms with Gasteiger partial charge in [-0.2, -0.15) is 5.26 Å². The van der Waals surface area contributed by atoms with E-state index in [0.717, 1.165) is 9.94 Å². The van der Waals surface area contributed by atoms with Crippen LogP contribution >= 0.6 is 11.3 Å².